The van der Waals surface area contributed by atoms with Crippen LogP contribution in [-0.2, 0) is 6.42 Å². The van der Waals surface area contributed by atoms with Gasteiger partial charge in [0.1, 0.15) is 0 Å². The predicted octanol–water partition coefficient (Wildman–Crippen LogP) is 5.16. The van der Waals surface area contributed by atoms with Gasteiger partial charge in [-0.05, 0) is 42.5 Å². The Balaban J connectivity index is 1.83. The summed E-state index contributed by atoms with van der Waals surface area (Å²) in [6, 6.07) is 11.1. The number of halogens is 1. The van der Waals surface area contributed by atoms with Crippen molar-refractivity contribution in [2.45, 2.75) is 36.0 Å². The molecule has 0 amide bonds. The van der Waals surface area contributed by atoms with Gasteiger partial charge < -0.3 is 5.32 Å². The number of thioether (sulfide) groups is 1. The average Bonchev–Trinajstić information content (AvgIpc) is 3.06. The van der Waals surface area contributed by atoms with Crippen molar-refractivity contribution in [1.82, 2.24) is 5.32 Å². The van der Waals surface area contributed by atoms with Crippen molar-refractivity contribution in [3.8, 4) is 0 Å². The smallest absolute Gasteiger partial charge is 0.0561 e. The molecule has 1 aromatic carbocycles. The maximum absolute atomic E-state index is 6.36. The van der Waals surface area contributed by atoms with Gasteiger partial charge in [0, 0.05) is 15.0 Å². The van der Waals surface area contributed by atoms with Gasteiger partial charge >= 0.3 is 0 Å². The van der Waals surface area contributed by atoms with E-state index in [9.17, 15) is 0 Å². The first kappa shape index (κ1) is 14.5. The zero-order chi connectivity index (χ0) is 13.9. The van der Waals surface area contributed by atoms with E-state index in [1.807, 2.05) is 17.8 Å². The highest BCUT2D eigenvalue weighted by molar-refractivity contribution is 8.00. The second kappa shape index (κ2) is 6.52. The Morgan fingerprint density at radius 2 is 2.20 bits per heavy atom. The minimum absolute atomic E-state index is 0.347. The molecule has 2 aromatic rings. The summed E-state index contributed by atoms with van der Waals surface area (Å²) in [5.41, 5.74) is 1.47. The molecular weight excluding hydrogens is 306 g/mol. The van der Waals surface area contributed by atoms with Gasteiger partial charge in [0.15, 0.2) is 0 Å². The van der Waals surface area contributed by atoms with Gasteiger partial charge in [0.05, 0.1) is 11.1 Å². The molecule has 1 aliphatic heterocycles. The van der Waals surface area contributed by atoms with E-state index in [4.69, 9.17) is 11.6 Å². The first-order valence-corrected chi connectivity index (χ1v) is 9.14. The molecule has 0 spiro atoms. The molecule has 106 valence electrons. The normalized spacial score (nSPS) is 19.0. The van der Waals surface area contributed by atoms with Gasteiger partial charge in [0.2, 0.25) is 0 Å². The van der Waals surface area contributed by atoms with Crippen molar-refractivity contribution in [3.63, 3.8) is 0 Å². The number of nitrogens with one attached hydrogen (secondary N) is 1. The van der Waals surface area contributed by atoms with Crippen molar-refractivity contribution < 1.29 is 0 Å². The quantitative estimate of drug-likeness (QED) is 0.815. The molecule has 20 heavy (non-hydrogen) atoms. The van der Waals surface area contributed by atoms with Gasteiger partial charge in [0.25, 0.3) is 0 Å². The van der Waals surface area contributed by atoms with Crippen LogP contribution in [0.3, 0.4) is 0 Å². The van der Waals surface area contributed by atoms with Crippen LogP contribution in [0.25, 0.3) is 0 Å². The number of benzene rings is 1. The molecule has 0 fully saturated rings. The second-order valence-corrected chi connectivity index (χ2v) is 7.67. The summed E-state index contributed by atoms with van der Waals surface area (Å²) in [5, 5.41) is 7.22. The standard InChI is InChI=1S/C16H18ClNS2/c1-2-8-18-15(16-12(17)7-9-19-16)14-10-11-5-3-4-6-13(11)20-14/h3-7,9,14-15,18H,2,8,10H2,1H3. The topological polar surface area (TPSA) is 12.0 Å². The number of hydrogen-bond donors (Lipinski definition) is 1. The van der Waals surface area contributed by atoms with E-state index in [1.165, 1.54) is 15.3 Å². The highest BCUT2D eigenvalue weighted by atomic mass is 35.5. The Kier molecular flexibility index (Phi) is 4.72. The zero-order valence-corrected chi connectivity index (χ0v) is 13.8. The fraction of sp³-hybridized carbons (Fsp3) is 0.375. The fourth-order valence-electron chi connectivity index (χ4n) is 2.61. The van der Waals surface area contributed by atoms with Gasteiger partial charge in [-0.25, -0.2) is 0 Å². The van der Waals surface area contributed by atoms with E-state index in [1.54, 1.807) is 11.3 Å². The van der Waals surface area contributed by atoms with Crippen LogP contribution in [0.5, 0.6) is 0 Å². The molecule has 2 unspecified atom stereocenters. The third-order valence-electron chi connectivity index (χ3n) is 3.59. The molecule has 0 aliphatic carbocycles. The summed E-state index contributed by atoms with van der Waals surface area (Å²) in [4.78, 5) is 2.71. The van der Waals surface area contributed by atoms with E-state index in [2.05, 4.69) is 41.9 Å². The zero-order valence-electron chi connectivity index (χ0n) is 11.4. The summed E-state index contributed by atoms with van der Waals surface area (Å²) in [6.07, 6.45) is 2.26. The fourth-order valence-corrected chi connectivity index (χ4v) is 5.43. The van der Waals surface area contributed by atoms with Crippen molar-refractivity contribution in [2.75, 3.05) is 6.54 Å². The van der Waals surface area contributed by atoms with E-state index in [0.717, 1.165) is 24.4 Å². The lowest BCUT2D eigenvalue weighted by Gasteiger charge is -2.23. The summed E-state index contributed by atoms with van der Waals surface area (Å²) >= 11 is 10.1. The first-order valence-electron chi connectivity index (χ1n) is 7.00. The molecule has 2 heterocycles. The molecule has 1 N–H and O–H groups in total. The van der Waals surface area contributed by atoms with Gasteiger partial charge in [-0.2, -0.15) is 0 Å². The molecule has 2 atom stereocenters. The third-order valence-corrected chi connectivity index (χ3v) is 6.42. The minimum atomic E-state index is 0.347. The first-order chi connectivity index (χ1) is 9.79. The lowest BCUT2D eigenvalue weighted by atomic mass is 10.0. The van der Waals surface area contributed by atoms with E-state index in [0.29, 0.717) is 11.3 Å². The lowest BCUT2D eigenvalue weighted by molar-refractivity contribution is 0.521. The number of thiophene rings is 1. The third kappa shape index (κ3) is 2.91. The Morgan fingerprint density at radius 1 is 1.35 bits per heavy atom. The minimum Gasteiger partial charge on any atom is -0.308 e. The highest BCUT2D eigenvalue weighted by Crippen LogP contribution is 2.44. The van der Waals surface area contributed by atoms with Crippen LogP contribution >= 0.6 is 34.7 Å². The maximum Gasteiger partial charge on any atom is 0.0561 e. The Morgan fingerprint density at radius 3 is 2.90 bits per heavy atom. The Labute approximate surface area is 133 Å². The molecule has 0 bridgehead atoms. The van der Waals surface area contributed by atoms with Crippen LogP contribution in [0.15, 0.2) is 40.6 Å². The summed E-state index contributed by atoms with van der Waals surface area (Å²) in [5.74, 6) is 0. The average molecular weight is 324 g/mol. The van der Waals surface area contributed by atoms with Gasteiger partial charge in [-0.15, -0.1) is 23.1 Å². The van der Waals surface area contributed by atoms with Gasteiger partial charge in [-0.3, -0.25) is 0 Å². The predicted molar refractivity (Wildman–Crippen MR) is 90.2 cm³/mol. The molecule has 0 saturated heterocycles. The summed E-state index contributed by atoms with van der Waals surface area (Å²) in [7, 11) is 0. The molecule has 0 saturated carbocycles. The number of hydrogen-bond acceptors (Lipinski definition) is 3. The van der Waals surface area contributed by atoms with E-state index >= 15 is 0 Å². The molecule has 3 rings (SSSR count). The number of fused-ring (bicyclic) bond motifs is 1. The van der Waals surface area contributed by atoms with Crippen molar-refractivity contribution in [2.24, 2.45) is 0 Å². The second-order valence-electron chi connectivity index (χ2n) is 5.03. The van der Waals surface area contributed by atoms with Crippen LogP contribution in [0, 0.1) is 0 Å². The molecular formula is C16H18ClNS2. The molecule has 1 aliphatic rings. The largest absolute Gasteiger partial charge is 0.308 e. The van der Waals surface area contributed by atoms with Crippen LogP contribution in [0.1, 0.15) is 29.8 Å². The molecule has 4 heteroatoms. The van der Waals surface area contributed by atoms with Crippen LogP contribution in [-0.4, -0.2) is 11.8 Å². The van der Waals surface area contributed by atoms with Crippen molar-refractivity contribution in [3.05, 3.63) is 51.2 Å². The summed E-state index contributed by atoms with van der Waals surface area (Å²) < 4.78 is 0. The molecule has 1 aromatic heterocycles. The number of rotatable bonds is 5. The van der Waals surface area contributed by atoms with Crippen molar-refractivity contribution >= 4 is 34.7 Å². The Bertz CT molecular complexity index is 556. The monoisotopic (exact) mass is 323 g/mol. The maximum atomic E-state index is 6.36. The highest BCUT2D eigenvalue weighted by Gasteiger charge is 2.31. The van der Waals surface area contributed by atoms with Crippen LogP contribution < -0.4 is 5.32 Å². The van der Waals surface area contributed by atoms with Crippen molar-refractivity contribution in [1.29, 1.82) is 0 Å². The van der Waals surface area contributed by atoms with Gasteiger partial charge in [-0.1, -0.05) is 36.7 Å². The molecule has 1 nitrogen and oxygen atoms in total. The Hall–Kier alpha value is -0.480. The summed E-state index contributed by atoms with van der Waals surface area (Å²) in [6.45, 7) is 3.24. The van der Waals surface area contributed by atoms with Crippen LogP contribution in [0.4, 0.5) is 0 Å². The van der Waals surface area contributed by atoms with E-state index in [-0.39, 0.29) is 0 Å². The SMILES string of the molecule is CCCNC(c1sccc1Cl)C1Cc2ccccc2S1. The lowest BCUT2D eigenvalue weighted by Crippen LogP contribution is -2.30. The van der Waals surface area contributed by atoms with Crippen LogP contribution in [0.2, 0.25) is 5.02 Å². The molecule has 0 radical (unpaired) electrons. The van der Waals surface area contributed by atoms with E-state index < -0.39 is 0 Å².